The molecule has 0 atom stereocenters. The fourth-order valence-electron chi connectivity index (χ4n) is 0.921. The molecule has 0 radical (unpaired) electrons. The van der Waals surface area contributed by atoms with E-state index in [1.165, 1.54) is 10.9 Å². The lowest BCUT2D eigenvalue weighted by atomic mass is 10.6. The predicted molar refractivity (Wildman–Crippen MR) is 48.6 cm³/mol. The molecule has 0 aliphatic rings. The van der Waals surface area contributed by atoms with E-state index in [9.17, 15) is 0 Å². The van der Waals surface area contributed by atoms with Crippen LogP contribution in [0.25, 0.3) is 5.82 Å². The van der Waals surface area contributed by atoms with Crippen LogP contribution in [0.5, 0.6) is 0 Å². The van der Waals surface area contributed by atoms with Gasteiger partial charge in [-0.2, -0.15) is 9.78 Å². The zero-order chi connectivity index (χ0) is 9.26. The minimum atomic E-state index is 0.363. The average Bonchev–Trinajstić information content (AvgIpc) is 2.49. The first kappa shape index (κ1) is 8.00. The van der Waals surface area contributed by atoms with Gasteiger partial charge in [0.1, 0.15) is 10.8 Å². The molecule has 0 saturated carbocycles. The lowest BCUT2D eigenvalue weighted by Gasteiger charge is -2.00. The van der Waals surface area contributed by atoms with Crippen LogP contribution in [-0.2, 0) is 0 Å². The van der Waals surface area contributed by atoms with Crippen LogP contribution >= 0.6 is 11.6 Å². The lowest BCUT2D eigenvalue weighted by Crippen LogP contribution is -2.03. The summed E-state index contributed by atoms with van der Waals surface area (Å²) in [5.41, 5.74) is 5.64. The number of nitrogens with two attached hydrogens (primary N) is 1. The first-order chi connectivity index (χ1) is 6.29. The SMILES string of the molecule is Nc1c(Cl)cnn1-c1cnccn1. The first-order valence-corrected chi connectivity index (χ1v) is 3.92. The summed E-state index contributed by atoms with van der Waals surface area (Å²) in [4.78, 5) is 7.91. The Morgan fingerprint density at radius 1 is 1.31 bits per heavy atom. The molecule has 0 aromatic carbocycles. The Labute approximate surface area is 79.2 Å². The molecular weight excluding hydrogens is 190 g/mol. The molecule has 0 fully saturated rings. The van der Waals surface area contributed by atoms with Crippen LogP contribution in [-0.4, -0.2) is 19.7 Å². The highest BCUT2D eigenvalue weighted by Gasteiger charge is 2.06. The van der Waals surface area contributed by atoms with Crippen molar-refractivity contribution in [2.75, 3.05) is 5.73 Å². The summed E-state index contributed by atoms with van der Waals surface area (Å²) in [5, 5.41) is 4.35. The second-order valence-corrected chi connectivity index (χ2v) is 2.76. The molecule has 0 unspecified atom stereocenters. The van der Waals surface area contributed by atoms with Crippen LogP contribution in [0.1, 0.15) is 0 Å². The van der Waals surface area contributed by atoms with Crippen LogP contribution in [0.3, 0.4) is 0 Å². The molecule has 0 bridgehead atoms. The Morgan fingerprint density at radius 3 is 2.69 bits per heavy atom. The van der Waals surface area contributed by atoms with Crippen molar-refractivity contribution >= 4 is 17.4 Å². The third-order valence-corrected chi connectivity index (χ3v) is 1.82. The number of aromatic nitrogens is 4. The molecule has 2 aromatic rings. The second kappa shape index (κ2) is 3.02. The molecule has 2 N–H and O–H groups in total. The van der Waals surface area contributed by atoms with E-state index < -0.39 is 0 Å². The van der Waals surface area contributed by atoms with Crippen molar-refractivity contribution in [1.29, 1.82) is 0 Å². The smallest absolute Gasteiger partial charge is 0.174 e. The number of halogens is 1. The maximum Gasteiger partial charge on any atom is 0.174 e. The van der Waals surface area contributed by atoms with Gasteiger partial charge < -0.3 is 5.73 Å². The van der Waals surface area contributed by atoms with Gasteiger partial charge in [0.15, 0.2) is 5.82 Å². The fourth-order valence-corrected chi connectivity index (χ4v) is 1.04. The topological polar surface area (TPSA) is 69.6 Å². The number of nitrogens with zero attached hydrogens (tertiary/aromatic N) is 4. The molecule has 0 spiro atoms. The average molecular weight is 196 g/mol. The van der Waals surface area contributed by atoms with Crippen molar-refractivity contribution in [1.82, 2.24) is 19.7 Å². The molecule has 0 saturated heterocycles. The summed E-state index contributed by atoms with van der Waals surface area (Å²) in [5.74, 6) is 0.911. The highest BCUT2D eigenvalue weighted by atomic mass is 35.5. The molecule has 6 heteroatoms. The van der Waals surface area contributed by atoms with E-state index in [0.717, 1.165) is 0 Å². The Hall–Kier alpha value is -1.62. The summed E-state index contributed by atoms with van der Waals surface area (Å²) in [6, 6.07) is 0. The van der Waals surface area contributed by atoms with Gasteiger partial charge in [-0.25, -0.2) is 4.98 Å². The quantitative estimate of drug-likeness (QED) is 0.734. The summed E-state index contributed by atoms with van der Waals surface area (Å²) in [6.45, 7) is 0. The van der Waals surface area contributed by atoms with Crippen LogP contribution in [0.4, 0.5) is 5.82 Å². The molecular formula is C7H6ClN5. The van der Waals surface area contributed by atoms with Gasteiger partial charge >= 0.3 is 0 Å². The van der Waals surface area contributed by atoms with E-state index >= 15 is 0 Å². The number of hydrogen-bond donors (Lipinski definition) is 1. The molecule has 66 valence electrons. The van der Waals surface area contributed by atoms with E-state index in [2.05, 4.69) is 15.1 Å². The number of nitrogen functional groups attached to an aromatic ring is 1. The van der Waals surface area contributed by atoms with E-state index in [1.54, 1.807) is 18.6 Å². The molecule has 2 aromatic heterocycles. The van der Waals surface area contributed by atoms with Gasteiger partial charge in [-0.15, -0.1) is 0 Å². The highest BCUT2D eigenvalue weighted by Crippen LogP contribution is 2.19. The van der Waals surface area contributed by atoms with Gasteiger partial charge in [0, 0.05) is 12.4 Å². The summed E-state index contributed by atoms with van der Waals surface area (Å²) < 4.78 is 1.43. The van der Waals surface area contributed by atoms with Crippen LogP contribution in [0.2, 0.25) is 5.02 Å². The monoisotopic (exact) mass is 195 g/mol. The van der Waals surface area contributed by atoms with Crippen molar-refractivity contribution in [2.24, 2.45) is 0 Å². The van der Waals surface area contributed by atoms with Crippen LogP contribution in [0, 0.1) is 0 Å². The van der Waals surface area contributed by atoms with Gasteiger partial charge in [-0.1, -0.05) is 11.6 Å². The van der Waals surface area contributed by atoms with Gasteiger partial charge in [-0.3, -0.25) is 4.98 Å². The van der Waals surface area contributed by atoms with Crippen molar-refractivity contribution in [3.05, 3.63) is 29.8 Å². The van der Waals surface area contributed by atoms with E-state index in [1.807, 2.05) is 0 Å². The zero-order valence-electron chi connectivity index (χ0n) is 6.55. The Morgan fingerprint density at radius 2 is 2.15 bits per heavy atom. The molecule has 0 aliphatic heterocycles. The van der Waals surface area contributed by atoms with Crippen molar-refractivity contribution in [3.63, 3.8) is 0 Å². The van der Waals surface area contributed by atoms with Gasteiger partial charge in [0.2, 0.25) is 0 Å². The minimum absolute atomic E-state index is 0.363. The molecule has 2 rings (SSSR count). The van der Waals surface area contributed by atoms with E-state index in [4.69, 9.17) is 17.3 Å². The molecule has 5 nitrogen and oxygen atoms in total. The summed E-state index contributed by atoms with van der Waals surface area (Å²) in [6.07, 6.45) is 6.15. The highest BCUT2D eigenvalue weighted by molar-refractivity contribution is 6.32. The largest absolute Gasteiger partial charge is 0.382 e. The van der Waals surface area contributed by atoms with E-state index in [0.29, 0.717) is 16.7 Å². The Kier molecular flexibility index (Phi) is 1.86. The van der Waals surface area contributed by atoms with Gasteiger partial charge in [0.25, 0.3) is 0 Å². The molecule has 2 heterocycles. The summed E-state index contributed by atoms with van der Waals surface area (Å²) >= 11 is 5.72. The lowest BCUT2D eigenvalue weighted by molar-refractivity contribution is 0.847. The predicted octanol–water partition coefficient (Wildman–Crippen LogP) is 0.898. The molecule has 0 amide bonds. The number of hydrogen-bond acceptors (Lipinski definition) is 4. The third kappa shape index (κ3) is 1.33. The maximum atomic E-state index is 5.72. The zero-order valence-corrected chi connectivity index (χ0v) is 7.31. The van der Waals surface area contributed by atoms with Gasteiger partial charge in [0.05, 0.1) is 12.4 Å². The van der Waals surface area contributed by atoms with Crippen LogP contribution in [0.15, 0.2) is 24.8 Å². The minimum Gasteiger partial charge on any atom is -0.382 e. The van der Waals surface area contributed by atoms with Crippen molar-refractivity contribution in [3.8, 4) is 5.82 Å². The third-order valence-electron chi connectivity index (χ3n) is 1.53. The van der Waals surface area contributed by atoms with Crippen molar-refractivity contribution < 1.29 is 0 Å². The Bertz CT molecular complexity index is 410. The Balaban J connectivity index is 2.53. The maximum absolute atomic E-state index is 5.72. The molecule has 0 aliphatic carbocycles. The second-order valence-electron chi connectivity index (χ2n) is 2.35. The number of rotatable bonds is 1. The van der Waals surface area contributed by atoms with Crippen molar-refractivity contribution in [2.45, 2.75) is 0 Å². The normalized spacial score (nSPS) is 10.2. The fraction of sp³-hybridized carbons (Fsp3) is 0. The molecule has 13 heavy (non-hydrogen) atoms. The standard InChI is InChI=1S/C7H6ClN5/c8-5-3-12-13(7(5)9)6-4-10-1-2-11-6/h1-4H,9H2. The van der Waals surface area contributed by atoms with E-state index in [-0.39, 0.29) is 0 Å². The van der Waals surface area contributed by atoms with Crippen LogP contribution < -0.4 is 5.73 Å². The number of anilines is 1. The summed E-state index contributed by atoms with van der Waals surface area (Å²) in [7, 11) is 0. The first-order valence-electron chi connectivity index (χ1n) is 3.54. The van der Waals surface area contributed by atoms with Gasteiger partial charge in [-0.05, 0) is 0 Å².